The number of carbonyl (C=O) groups excluding carboxylic acids is 1. The number of anilines is 3. The maximum absolute atomic E-state index is 12.7. The van der Waals surface area contributed by atoms with Crippen LogP contribution in [0.25, 0.3) is 10.8 Å². The Balaban J connectivity index is 1.57. The van der Waals surface area contributed by atoms with E-state index in [2.05, 4.69) is 5.32 Å². The minimum Gasteiger partial charge on any atom is -0.398 e. The van der Waals surface area contributed by atoms with Gasteiger partial charge in [-0.1, -0.05) is 24.3 Å². The summed E-state index contributed by atoms with van der Waals surface area (Å²) in [6, 6.07) is 17.8. The molecule has 0 aromatic heterocycles. The Morgan fingerprint density at radius 2 is 1.64 bits per heavy atom. The third-order valence-corrected chi connectivity index (χ3v) is 6.84. The maximum atomic E-state index is 12.7. The van der Waals surface area contributed by atoms with Gasteiger partial charge in [0, 0.05) is 34.3 Å². The minimum atomic E-state index is -3.27. The monoisotopic (exact) mass is 395 g/mol. The van der Waals surface area contributed by atoms with Gasteiger partial charge in [0.25, 0.3) is 5.91 Å². The fraction of sp³-hybridized carbons (Fsp3) is 0.190. The molecule has 3 aromatic rings. The molecule has 0 aliphatic carbocycles. The van der Waals surface area contributed by atoms with Crippen molar-refractivity contribution in [3.63, 3.8) is 0 Å². The highest BCUT2D eigenvalue weighted by atomic mass is 32.2. The van der Waals surface area contributed by atoms with Crippen LogP contribution in [-0.4, -0.2) is 26.6 Å². The van der Waals surface area contributed by atoms with Crippen molar-refractivity contribution >= 4 is 43.8 Å². The second kappa shape index (κ2) is 7.16. The van der Waals surface area contributed by atoms with Crippen molar-refractivity contribution in [3.05, 3.63) is 66.2 Å². The first-order valence-electron chi connectivity index (χ1n) is 9.15. The summed E-state index contributed by atoms with van der Waals surface area (Å²) in [6.45, 7) is 0.477. The highest BCUT2D eigenvalue weighted by Gasteiger charge is 2.26. The molecule has 4 rings (SSSR count). The van der Waals surface area contributed by atoms with Crippen LogP contribution in [0.15, 0.2) is 60.7 Å². The molecule has 0 atom stereocenters. The second-order valence-corrected chi connectivity index (χ2v) is 8.86. The third kappa shape index (κ3) is 3.41. The Hall–Kier alpha value is -3.06. The molecule has 0 spiro atoms. The Labute approximate surface area is 164 Å². The molecule has 0 bridgehead atoms. The summed E-state index contributed by atoms with van der Waals surface area (Å²) in [7, 11) is -3.27. The Kier molecular flexibility index (Phi) is 4.68. The summed E-state index contributed by atoms with van der Waals surface area (Å²) < 4.78 is 25.9. The molecule has 3 aromatic carbocycles. The topological polar surface area (TPSA) is 92.5 Å². The van der Waals surface area contributed by atoms with Crippen LogP contribution in [0.4, 0.5) is 17.1 Å². The first kappa shape index (κ1) is 18.3. The summed E-state index contributed by atoms with van der Waals surface area (Å²) in [5.74, 6) is -0.0950. The van der Waals surface area contributed by atoms with E-state index in [0.717, 1.165) is 17.2 Å². The van der Waals surface area contributed by atoms with Gasteiger partial charge in [-0.2, -0.15) is 0 Å². The van der Waals surface area contributed by atoms with Crippen LogP contribution < -0.4 is 15.4 Å². The molecule has 1 amide bonds. The van der Waals surface area contributed by atoms with E-state index in [1.807, 2.05) is 36.4 Å². The van der Waals surface area contributed by atoms with Gasteiger partial charge in [-0.05, 0) is 49.2 Å². The number of fused-ring (bicyclic) bond motifs is 1. The van der Waals surface area contributed by atoms with E-state index in [-0.39, 0.29) is 11.7 Å². The van der Waals surface area contributed by atoms with Gasteiger partial charge in [0.05, 0.1) is 11.4 Å². The molecule has 1 heterocycles. The van der Waals surface area contributed by atoms with Crippen molar-refractivity contribution in [2.75, 3.05) is 27.7 Å². The van der Waals surface area contributed by atoms with E-state index in [9.17, 15) is 13.2 Å². The number of nitrogen functional groups attached to an aromatic ring is 1. The number of hydrogen-bond donors (Lipinski definition) is 2. The second-order valence-electron chi connectivity index (χ2n) is 6.84. The number of hydrogen-bond acceptors (Lipinski definition) is 4. The zero-order valence-electron chi connectivity index (χ0n) is 15.3. The standard InChI is InChI=1S/C21H21N3O3S/c22-19-7-3-6-18-17(19)5-4-8-20(18)23-21(25)15-9-11-16(12-10-15)24-13-1-2-14-28(24,26)27/h3-12H,1-2,13-14,22H2,(H,23,25). The molecular weight excluding hydrogens is 374 g/mol. The number of nitrogens with zero attached hydrogens (tertiary/aromatic N) is 1. The predicted octanol–water partition coefficient (Wildman–Crippen LogP) is 3.60. The first-order valence-corrected chi connectivity index (χ1v) is 10.8. The number of nitrogens with one attached hydrogen (secondary N) is 1. The lowest BCUT2D eigenvalue weighted by atomic mass is 10.1. The van der Waals surface area contributed by atoms with E-state index in [1.165, 1.54) is 4.31 Å². The first-order chi connectivity index (χ1) is 13.5. The molecule has 3 N–H and O–H groups in total. The lowest BCUT2D eigenvalue weighted by Gasteiger charge is -2.28. The van der Waals surface area contributed by atoms with Crippen molar-refractivity contribution < 1.29 is 13.2 Å². The molecule has 0 saturated carbocycles. The van der Waals surface area contributed by atoms with Crippen molar-refractivity contribution in [1.82, 2.24) is 0 Å². The number of carbonyl (C=O) groups is 1. The molecule has 0 radical (unpaired) electrons. The Morgan fingerprint density at radius 3 is 2.39 bits per heavy atom. The summed E-state index contributed by atoms with van der Waals surface area (Å²) >= 11 is 0. The fourth-order valence-electron chi connectivity index (χ4n) is 3.50. The third-order valence-electron chi connectivity index (χ3n) is 4.97. The summed E-state index contributed by atoms with van der Waals surface area (Å²) in [5, 5.41) is 4.67. The van der Waals surface area contributed by atoms with Gasteiger partial charge in [0.1, 0.15) is 0 Å². The molecule has 28 heavy (non-hydrogen) atoms. The van der Waals surface area contributed by atoms with E-state index < -0.39 is 10.0 Å². The van der Waals surface area contributed by atoms with Crippen molar-refractivity contribution in [2.24, 2.45) is 0 Å². The smallest absolute Gasteiger partial charge is 0.255 e. The molecule has 1 saturated heterocycles. The van der Waals surface area contributed by atoms with Crippen LogP contribution >= 0.6 is 0 Å². The maximum Gasteiger partial charge on any atom is 0.255 e. The van der Waals surface area contributed by atoms with E-state index in [1.54, 1.807) is 24.3 Å². The SMILES string of the molecule is Nc1cccc2c(NC(=O)c3ccc(N4CCCCS4(=O)=O)cc3)cccc12. The van der Waals surface area contributed by atoms with E-state index in [0.29, 0.717) is 35.6 Å². The van der Waals surface area contributed by atoms with Crippen LogP contribution in [0.2, 0.25) is 0 Å². The lowest BCUT2D eigenvalue weighted by Crippen LogP contribution is -2.37. The Morgan fingerprint density at radius 1 is 0.929 bits per heavy atom. The van der Waals surface area contributed by atoms with E-state index in [4.69, 9.17) is 5.73 Å². The summed E-state index contributed by atoms with van der Waals surface area (Å²) in [6.07, 6.45) is 1.53. The molecule has 1 fully saturated rings. The largest absolute Gasteiger partial charge is 0.398 e. The number of sulfonamides is 1. The Bertz CT molecular complexity index is 1140. The molecule has 7 heteroatoms. The molecule has 1 aliphatic rings. The van der Waals surface area contributed by atoms with Gasteiger partial charge in [-0.15, -0.1) is 0 Å². The van der Waals surface area contributed by atoms with Gasteiger partial charge in [-0.3, -0.25) is 9.10 Å². The van der Waals surface area contributed by atoms with Crippen molar-refractivity contribution in [3.8, 4) is 0 Å². The summed E-state index contributed by atoms with van der Waals surface area (Å²) in [5.41, 5.74) is 8.39. The van der Waals surface area contributed by atoms with Gasteiger partial charge in [-0.25, -0.2) is 8.42 Å². The van der Waals surface area contributed by atoms with Crippen LogP contribution in [0.1, 0.15) is 23.2 Å². The summed E-state index contributed by atoms with van der Waals surface area (Å²) in [4.78, 5) is 12.7. The van der Waals surface area contributed by atoms with Crippen molar-refractivity contribution in [2.45, 2.75) is 12.8 Å². The molecular formula is C21H21N3O3S. The predicted molar refractivity (Wildman–Crippen MR) is 113 cm³/mol. The number of amides is 1. The normalized spacial score (nSPS) is 16.1. The minimum absolute atomic E-state index is 0.166. The van der Waals surface area contributed by atoms with Gasteiger partial charge in [0.2, 0.25) is 10.0 Å². The number of nitrogens with two attached hydrogens (primary N) is 1. The highest BCUT2D eigenvalue weighted by Crippen LogP contribution is 2.28. The van der Waals surface area contributed by atoms with Crippen LogP contribution in [0, 0.1) is 0 Å². The molecule has 6 nitrogen and oxygen atoms in total. The van der Waals surface area contributed by atoms with Crippen LogP contribution in [0.5, 0.6) is 0 Å². The molecule has 1 aliphatic heterocycles. The van der Waals surface area contributed by atoms with Crippen LogP contribution in [-0.2, 0) is 10.0 Å². The highest BCUT2D eigenvalue weighted by molar-refractivity contribution is 7.92. The van der Waals surface area contributed by atoms with Gasteiger partial charge in [0.15, 0.2) is 0 Å². The van der Waals surface area contributed by atoms with Crippen LogP contribution in [0.3, 0.4) is 0 Å². The zero-order valence-corrected chi connectivity index (χ0v) is 16.1. The van der Waals surface area contributed by atoms with Crippen molar-refractivity contribution in [1.29, 1.82) is 0 Å². The molecule has 144 valence electrons. The quantitative estimate of drug-likeness (QED) is 0.663. The zero-order chi connectivity index (χ0) is 19.7. The average molecular weight is 395 g/mol. The fourth-order valence-corrected chi connectivity index (χ4v) is 5.14. The van der Waals surface area contributed by atoms with Gasteiger partial charge >= 0.3 is 0 Å². The molecule has 0 unspecified atom stereocenters. The lowest BCUT2D eigenvalue weighted by molar-refractivity contribution is 0.102. The number of rotatable bonds is 3. The van der Waals surface area contributed by atoms with Gasteiger partial charge < -0.3 is 11.1 Å². The average Bonchev–Trinajstić information content (AvgIpc) is 2.69. The number of benzene rings is 3. The van der Waals surface area contributed by atoms with E-state index >= 15 is 0 Å².